The van der Waals surface area contributed by atoms with E-state index in [-0.39, 0.29) is 4.84 Å². The molecule has 112 valence electrons. The number of H-pyrrole nitrogens is 1. The van der Waals surface area contributed by atoms with Crippen LogP contribution in [0.4, 0.5) is 0 Å². The molecule has 0 spiro atoms. The molecule has 0 unspecified atom stereocenters. The molecule has 0 amide bonds. The average molecular weight is 337 g/mol. The van der Waals surface area contributed by atoms with Crippen molar-refractivity contribution < 1.29 is 4.42 Å². The standard InChI is InChI=1S/C17H11N3OS2/c22-17-20-19-15(21-17)13-14(11-7-3-1-4-8-11)23-16(18-13)12-9-5-2-6-10-12/h1-10H,(H,20,22). The first-order chi connectivity index (χ1) is 11.3. The summed E-state index contributed by atoms with van der Waals surface area (Å²) in [7, 11) is 0. The Morgan fingerprint density at radius 1 is 0.913 bits per heavy atom. The molecular weight excluding hydrogens is 326 g/mol. The molecule has 0 aliphatic heterocycles. The van der Waals surface area contributed by atoms with Crippen LogP contribution in [0.15, 0.2) is 65.1 Å². The van der Waals surface area contributed by atoms with Crippen molar-refractivity contribution in [3.63, 3.8) is 0 Å². The summed E-state index contributed by atoms with van der Waals surface area (Å²) < 4.78 is 5.47. The number of aromatic amines is 1. The second-order valence-electron chi connectivity index (χ2n) is 4.85. The summed E-state index contributed by atoms with van der Waals surface area (Å²) in [6.07, 6.45) is 0. The number of thiazole rings is 1. The van der Waals surface area contributed by atoms with Crippen LogP contribution in [0.1, 0.15) is 0 Å². The third kappa shape index (κ3) is 2.74. The van der Waals surface area contributed by atoms with Crippen LogP contribution in [-0.2, 0) is 0 Å². The van der Waals surface area contributed by atoms with Crippen LogP contribution in [0.2, 0.25) is 0 Å². The maximum absolute atomic E-state index is 5.47. The second kappa shape index (κ2) is 5.91. The van der Waals surface area contributed by atoms with Gasteiger partial charge in [-0.3, -0.25) is 0 Å². The zero-order valence-electron chi connectivity index (χ0n) is 11.9. The first kappa shape index (κ1) is 14.0. The Labute approximate surface area is 141 Å². The van der Waals surface area contributed by atoms with Crippen LogP contribution in [-0.4, -0.2) is 15.2 Å². The van der Waals surface area contributed by atoms with E-state index in [2.05, 4.69) is 10.2 Å². The molecule has 4 nitrogen and oxygen atoms in total. The Morgan fingerprint density at radius 3 is 2.17 bits per heavy atom. The lowest BCUT2D eigenvalue weighted by Gasteiger charge is -1.97. The predicted molar refractivity (Wildman–Crippen MR) is 93.7 cm³/mol. The van der Waals surface area contributed by atoms with Gasteiger partial charge in [0, 0.05) is 5.56 Å². The third-order valence-electron chi connectivity index (χ3n) is 3.32. The van der Waals surface area contributed by atoms with Crippen molar-refractivity contribution in [1.29, 1.82) is 0 Å². The van der Waals surface area contributed by atoms with Crippen molar-refractivity contribution in [2.24, 2.45) is 0 Å². The van der Waals surface area contributed by atoms with E-state index in [9.17, 15) is 0 Å². The van der Waals surface area contributed by atoms with Gasteiger partial charge >= 0.3 is 0 Å². The summed E-state index contributed by atoms with van der Waals surface area (Å²) in [6, 6.07) is 20.2. The van der Waals surface area contributed by atoms with Gasteiger partial charge in [-0.2, -0.15) is 0 Å². The monoisotopic (exact) mass is 337 g/mol. The van der Waals surface area contributed by atoms with Crippen LogP contribution >= 0.6 is 23.6 Å². The number of nitrogens with one attached hydrogen (secondary N) is 1. The Morgan fingerprint density at radius 2 is 1.57 bits per heavy atom. The van der Waals surface area contributed by atoms with Gasteiger partial charge in [0.15, 0.2) is 0 Å². The van der Waals surface area contributed by atoms with E-state index in [0.29, 0.717) is 11.6 Å². The average Bonchev–Trinajstić information content (AvgIpc) is 3.23. The number of nitrogens with zero attached hydrogens (tertiary/aromatic N) is 2. The van der Waals surface area contributed by atoms with Crippen molar-refractivity contribution in [3.8, 4) is 32.6 Å². The normalized spacial score (nSPS) is 10.8. The van der Waals surface area contributed by atoms with Crippen molar-refractivity contribution >= 4 is 23.6 Å². The molecule has 2 heterocycles. The van der Waals surface area contributed by atoms with Crippen LogP contribution in [0.3, 0.4) is 0 Å². The highest BCUT2D eigenvalue weighted by Gasteiger charge is 2.19. The third-order valence-corrected chi connectivity index (χ3v) is 4.65. The number of benzene rings is 2. The fourth-order valence-electron chi connectivity index (χ4n) is 2.29. The van der Waals surface area contributed by atoms with E-state index >= 15 is 0 Å². The van der Waals surface area contributed by atoms with Crippen molar-refractivity contribution in [2.75, 3.05) is 0 Å². The van der Waals surface area contributed by atoms with Crippen molar-refractivity contribution in [3.05, 3.63) is 65.5 Å². The van der Waals surface area contributed by atoms with Gasteiger partial charge in [-0.15, -0.1) is 16.4 Å². The Bertz CT molecular complexity index is 987. The zero-order chi connectivity index (χ0) is 15.6. The topological polar surface area (TPSA) is 54.7 Å². The molecule has 4 rings (SSSR count). The largest absolute Gasteiger partial charge is 0.408 e. The maximum atomic E-state index is 5.47. The van der Waals surface area contributed by atoms with Gasteiger partial charge in [-0.1, -0.05) is 60.7 Å². The van der Waals surface area contributed by atoms with Crippen LogP contribution < -0.4 is 0 Å². The van der Waals surface area contributed by atoms with Crippen molar-refractivity contribution in [2.45, 2.75) is 0 Å². The molecule has 2 aromatic carbocycles. The minimum absolute atomic E-state index is 0.244. The van der Waals surface area contributed by atoms with Crippen LogP contribution in [0.5, 0.6) is 0 Å². The van der Waals surface area contributed by atoms with Gasteiger partial charge in [0.25, 0.3) is 10.7 Å². The summed E-state index contributed by atoms with van der Waals surface area (Å²) in [5.74, 6) is 0.410. The second-order valence-corrected chi connectivity index (χ2v) is 6.22. The molecule has 0 saturated heterocycles. The molecule has 0 radical (unpaired) electrons. The van der Waals surface area contributed by atoms with Gasteiger partial charge < -0.3 is 4.42 Å². The van der Waals surface area contributed by atoms with Gasteiger partial charge in [-0.05, 0) is 17.8 Å². The minimum atomic E-state index is 0.244. The molecule has 0 saturated carbocycles. The van der Waals surface area contributed by atoms with Gasteiger partial charge in [-0.25, -0.2) is 10.1 Å². The molecular formula is C17H11N3OS2. The van der Waals surface area contributed by atoms with Gasteiger partial charge in [0.1, 0.15) is 10.7 Å². The lowest BCUT2D eigenvalue weighted by Crippen LogP contribution is -1.83. The number of rotatable bonds is 3. The number of hydrogen-bond acceptors (Lipinski definition) is 5. The maximum Gasteiger partial charge on any atom is 0.284 e. The summed E-state index contributed by atoms with van der Waals surface area (Å²) in [5.41, 5.74) is 2.84. The number of aromatic nitrogens is 3. The molecule has 0 fully saturated rings. The minimum Gasteiger partial charge on any atom is -0.408 e. The molecule has 2 aromatic heterocycles. The van der Waals surface area contributed by atoms with Gasteiger partial charge in [0.2, 0.25) is 0 Å². The molecule has 4 aromatic rings. The molecule has 0 aliphatic carbocycles. The van der Waals surface area contributed by atoms with E-state index in [1.165, 1.54) is 0 Å². The zero-order valence-corrected chi connectivity index (χ0v) is 13.5. The molecule has 0 aliphatic rings. The quantitative estimate of drug-likeness (QED) is 0.523. The van der Waals surface area contributed by atoms with Crippen LogP contribution in [0, 0.1) is 4.84 Å². The SMILES string of the molecule is S=c1[nH]nc(-c2nc(-c3ccccc3)sc2-c2ccccc2)o1. The first-order valence-corrected chi connectivity index (χ1v) is 8.21. The fraction of sp³-hybridized carbons (Fsp3) is 0. The summed E-state index contributed by atoms with van der Waals surface area (Å²) in [5, 5.41) is 7.71. The Hall–Kier alpha value is -2.57. The van der Waals surface area contributed by atoms with Gasteiger partial charge in [0.05, 0.1) is 4.88 Å². The lowest BCUT2D eigenvalue weighted by atomic mass is 10.1. The van der Waals surface area contributed by atoms with E-state index < -0.39 is 0 Å². The summed E-state index contributed by atoms with van der Waals surface area (Å²) in [6.45, 7) is 0. The summed E-state index contributed by atoms with van der Waals surface area (Å²) >= 11 is 6.59. The summed E-state index contributed by atoms with van der Waals surface area (Å²) in [4.78, 5) is 5.99. The smallest absolute Gasteiger partial charge is 0.284 e. The fourth-order valence-corrected chi connectivity index (χ4v) is 3.48. The van der Waals surface area contributed by atoms with Crippen LogP contribution in [0.25, 0.3) is 32.6 Å². The highest BCUT2D eigenvalue weighted by atomic mass is 32.1. The van der Waals surface area contributed by atoms with E-state index in [0.717, 1.165) is 21.0 Å². The lowest BCUT2D eigenvalue weighted by molar-refractivity contribution is 0.550. The Balaban J connectivity index is 1.93. The molecule has 0 bridgehead atoms. The predicted octanol–water partition coefficient (Wildman–Crippen LogP) is 5.19. The molecule has 23 heavy (non-hydrogen) atoms. The van der Waals surface area contributed by atoms with Crippen molar-refractivity contribution in [1.82, 2.24) is 15.2 Å². The molecule has 1 N–H and O–H groups in total. The number of hydrogen-bond donors (Lipinski definition) is 1. The highest BCUT2D eigenvalue weighted by Crippen LogP contribution is 2.39. The molecule has 6 heteroatoms. The molecule has 0 atom stereocenters. The Kier molecular flexibility index (Phi) is 3.61. The highest BCUT2D eigenvalue weighted by molar-refractivity contribution is 7.71. The van der Waals surface area contributed by atoms with E-state index in [1.54, 1.807) is 11.3 Å². The van der Waals surface area contributed by atoms with E-state index in [1.807, 2.05) is 60.7 Å². The van der Waals surface area contributed by atoms with E-state index in [4.69, 9.17) is 21.6 Å². The first-order valence-electron chi connectivity index (χ1n) is 6.99.